The van der Waals surface area contributed by atoms with Crippen LogP contribution in [0.25, 0.3) is 0 Å². The molecule has 0 spiro atoms. The van der Waals surface area contributed by atoms with Crippen molar-refractivity contribution in [3.8, 4) is 11.5 Å². The van der Waals surface area contributed by atoms with Crippen molar-refractivity contribution in [2.75, 3.05) is 14.2 Å². The number of carbonyl (C=O) groups is 1. The molecule has 0 atom stereocenters. The molecule has 7 heteroatoms. The molecule has 0 bridgehead atoms. The van der Waals surface area contributed by atoms with E-state index in [1.165, 1.54) is 20.3 Å². The topological polar surface area (TPSA) is 78.7 Å². The van der Waals surface area contributed by atoms with Crippen LogP contribution in [0.1, 0.15) is 10.4 Å². The van der Waals surface area contributed by atoms with Crippen molar-refractivity contribution in [1.29, 1.82) is 0 Å². The second-order valence-electron chi connectivity index (χ2n) is 2.53. The Balaban J connectivity index is 0.00000225. The van der Waals surface area contributed by atoms with Gasteiger partial charge >= 0.3 is 0 Å². The van der Waals surface area contributed by atoms with Gasteiger partial charge < -0.3 is 14.3 Å². The number of rotatable bonds is 4. The minimum atomic E-state index is -0.707. The van der Waals surface area contributed by atoms with E-state index in [0.29, 0.717) is 6.29 Å². The maximum atomic E-state index is 10.7. The van der Waals surface area contributed by atoms with Crippen molar-refractivity contribution in [1.82, 2.24) is 0 Å². The third-order valence-electron chi connectivity index (χ3n) is 1.78. The third kappa shape index (κ3) is 2.77. The summed E-state index contributed by atoms with van der Waals surface area (Å²) in [5, 5.41) is 10.7. The summed E-state index contributed by atoms with van der Waals surface area (Å²) >= 11 is 0. The molecule has 1 rings (SSSR count). The van der Waals surface area contributed by atoms with E-state index in [-0.39, 0.29) is 49.8 Å². The fraction of sp³-hybridized carbons (Fsp3) is 0.222. The number of hydrogen-bond acceptors (Lipinski definition) is 5. The van der Waals surface area contributed by atoms with Crippen molar-refractivity contribution < 1.29 is 51.9 Å². The molecule has 0 amide bonds. The molecule has 0 saturated heterocycles. The predicted octanol–water partition coefficient (Wildman–Crippen LogP) is 1.22. The van der Waals surface area contributed by atoms with Crippen molar-refractivity contribution in [3.63, 3.8) is 0 Å². The molecule has 83 valence electrons. The molecular weight excluding hydrogens is 291 g/mol. The van der Waals surface area contributed by atoms with Gasteiger partial charge in [0.1, 0.15) is 0 Å². The molecule has 6 nitrogen and oxygen atoms in total. The summed E-state index contributed by atoms with van der Waals surface area (Å²) in [6.07, 6.45) is 0.347. The molecule has 0 aliphatic carbocycles. The predicted molar refractivity (Wildman–Crippen MR) is 50.4 cm³/mol. The van der Waals surface area contributed by atoms with Gasteiger partial charge in [-0.25, -0.2) is 0 Å². The van der Waals surface area contributed by atoms with E-state index < -0.39 is 10.6 Å². The zero-order chi connectivity index (χ0) is 11.4. The molecule has 0 fully saturated rings. The molecule has 16 heavy (non-hydrogen) atoms. The average Bonchev–Trinajstić information content (AvgIpc) is 2.26. The molecule has 1 radical (unpaired) electrons. The summed E-state index contributed by atoms with van der Waals surface area (Å²) in [6, 6.07) is 3.76. The van der Waals surface area contributed by atoms with Gasteiger partial charge in [-0.3, -0.25) is 10.1 Å². The van der Waals surface area contributed by atoms with Gasteiger partial charge in [-0.15, -0.1) is 12.1 Å². The second kappa shape index (κ2) is 6.55. The number of benzene rings is 1. The van der Waals surface area contributed by atoms with Crippen LogP contribution < -0.4 is 9.47 Å². The first kappa shape index (κ1) is 15.0. The van der Waals surface area contributed by atoms with Gasteiger partial charge in [-0.2, -0.15) is 0 Å². The van der Waals surface area contributed by atoms with E-state index in [0.717, 1.165) is 0 Å². The molecule has 0 N–H and O–H groups in total. The van der Waals surface area contributed by atoms with Gasteiger partial charge in [0.2, 0.25) is 5.69 Å². The minimum Gasteiger partial charge on any atom is -0.536 e. The largest absolute Gasteiger partial charge is 0.536 e. The monoisotopic (exact) mass is 299 g/mol. The Hall–Kier alpha value is -1.01. The Morgan fingerprint density at radius 3 is 2.44 bits per heavy atom. The molecule has 0 saturated carbocycles. The summed E-state index contributed by atoms with van der Waals surface area (Å²) in [4.78, 5) is 20.6. The van der Waals surface area contributed by atoms with Crippen molar-refractivity contribution in [3.05, 3.63) is 27.8 Å². The molecule has 0 aliphatic heterocycles. The maximum absolute atomic E-state index is 10.7. The fourth-order valence-electron chi connectivity index (χ4n) is 1.14. The minimum absolute atomic E-state index is 0. The second-order valence-corrected chi connectivity index (χ2v) is 2.53. The number of carbonyl (C=O) groups excluding carboxylic acids is 1. The Kier molecular flexibility index (Phi) is 6.14. The first-order chi connectivity index (χ1) is 7.15. The maximum Gasteiger partial charge on any atom is 0.236 e. The first-order valence-corrected chi connectivity index (χ1v) is 3.92. The van der Waals surface area contributed by atoms with Crippen molar-refractivity contribution >= 4 is 12.0 Å². The Morgan fingerprint density at radius 2 is 2.06 bits per heavy atom. The number of ether oxygens (including phenoxy) is 2. The van der Waals surface area contributed by atoms with Crippen molar-refractivity contribution in [2.45, 2.75) is 0 Å². The Bertz CT molecular complexity index is 407. The van der Waals surface area contributed by atoms with Crippen LogP contribution in [0.5, 0.6) is 11.5 Å². The van der Waals surface area contributed by atoms with E-state index in [2.05, 4.69) is 6.07 Å². The standard InChI is InChI=1S/C9H8NO5.Y/c1-14-7-4-3-6(5-11)8(10(12)13)9(7)15-2;/h4-5H,1-2H3;/q-1;. The van der Waals surface area contributed by atoms with Crippen LogP contribution in [0.15, 0.2) is 6.07 Å². The molecule has 1 aromatic rings. The van der Waals surface area contributed by atoms with Gasteiger partial charge in [0, 0.05) is 37.6 Å². The summed E-state index contributed by atoms with van der Waals surface area (Å²) in [7, 11) is 2.61. The molecular formula is C9H8NO5Y-. The fourth-order valence-corrected chi connectivity index (χ4v) is 1.14. The molecule has 0 heterocycles. The Morgan fingerprint density at radius 1 is 1.44 bits per heavy atom. The smallest absolute Gasteiger partial charge is 0.236 e. The average molecular weight is 299 g/mol. The van der Waals surface area contributed by atoms with Gasteiger partial charge in [-0.1, -0.05) is 0 Å². The van der Waals surface area contributed by atoms with Gasteiger partial charge in [0.15, 0.2) is 5.75 Å². The van der Waals surface area contributed by atoms with Gasteiger partial charge in [-0.05, 0) is 5.56 Å². The number of nitro groups is 1. The van der Waals surface area contributed by atoms with Gasteiger partial charge in [0.25, 0.3) is 0 Å². The quantitative estimate of drug-likeness (QED) is 0.361. The normalized spacial score (nSPS) is 8.88. The molecule has 0 aromatic heterocycles. The van der Waals surface area contributed by atoms with Crippen LogP contribution in [-0.2, 0) is 32.7 Å². The van der Waals surface area contributed by atoms with Crippen LogP contribution in [-0.4, -0.2) is 25.4 Å². The number of nitrogens with zero attached hydrogens (tertiary/aromatic N) is 1. The van der Waals surface area contributed by atoms with Crippen LogP contribution in [0, 0.1) is 16.2 Å². The van der Waals surface area contributed by atoms with Crippen LogP contribution in [0.3, 0.4) is 0 Å². The summed E-state index contributed by atoms with van der Waals surface area (Å²) in [5.74, 6) is 0.0816. The van der Waals surface area contributed by atoms with Crippen molar-refractivity contribution in [2.24, 2.45) is 0 Å². The zero-order valence-corrected chi connectivity index (χ0v) is 11.6. The number of aldehydes is 1. The van der Waals surface area contributed by atoms with Crippen LogP contribution >= 0.6 is 0 Å². The zero-order valence-electron chi connectivity index (χ0n) is 8.72. The number of methoxy groups -OCH3 is 2. The van der Waals surface area contributed by atoms with Crippen LogP contribution in [0.2, 0.25) is 0 Å². The summed E-state index contributed by atoms with van der Waals surface area (Å²) in [6.45, 7) is 0. The molecule has 0 aliphatic rings. The summed E-state index contributed by atoms with van der Waals surface area (Å²) in [5.41, 5.74) is -0.607. The molecule has 0 unspecified atom stereocenters. The first-order valence-electron chi connectivity index (χ1n) is 3.92. The van der Waals surface area contributed by atoms with Crippen LogP contribution in [0.4, 0.5) is 5.69 Å². The van der Waals surface area contributed by atoms with E-state index in [9.17, 15) is 14.9 Å². The summed E-state index contributed by atoms with van der Waals surface area (Å²) < 4.78 is 9.68. The van der Waals surface area contributed by atoms with E-state index in [4.69, 9.17) is 9.47 Å². The van der Waals surface area contributed by atoms with E-state index in [1.54, 1.807) is 0 Å². The van der Waals surface area contributed by atoms with Gasteiger partial charge in [0.05, 0.1) is 26.3 Å². The third-order valence-corrected chi connectivity index (χ3v) is 1.78. The number of hydrogen-bond donors (Lipinski definition) is 0. The van der Waals surface area contributed by atoms with E-state index >= 15 is 0 Å². The number of nitro benzene ring substituents is 1. The Labute approximate surface area is 117 Å². The SMILES string of the molecule is COc1c[c-]c(C=O)c([N+](=O)[O-])c1OC.[Y]. The van der Waals surface area contributed by atoms with E-state index in [1.807, 2.05) is 0 Å². The molecule has 1 aromatic carbocycles.